The van der Waals surface area contributed by atoms with Crippen LogP contribution >= 0.6 is 27.0 Å². The van der Waals surface area contributed by atoms with Gasteiger partial charge in [0.15, 0.2) is 0 Å². The summed E-state index contributed by atoms with van der Waals surface area (Å²) in [5.74, 6) is 5.56. The third-order valence-electron chi connectivity index (χ3n) is 1.99. The number of fused-ring (bicyclic) bond motifs is 1. The number of benzene rings is 1. The molecule has 14 heavy (non-hydrogen) atoms. The fourth-order valence-corrected chi connectivity index (χ4v) is 3.33. The van der Waals surface area contributed by atoms with Crippen molar-refractivity contribution in [2.75, 3.05) is 0 Å². The normalized spacial score (nSPS) is 20.6. The maximum absolute atomic E-state index is 10.5. The Hall–Kier alpha value is -0.780. The number of carbonyl (C=O) groups is 1. The van der Waals surface area contributed by atoms with E-state index >= 15 is 0 Å². The van der Waals surface area contributed by atoms with E-state index in [0.717, 1.165) is 14.9 Å². The first-order valence-corrected chi connectivity index (χ1v) is 6.14. The Morgan fingerprint density at radius 3 is 3.00 bits per heavy atom. The molecule has 1 aromatic carbocycles. The number of hydrogen-bond acceptors (Lipinski definition) is 2. The van der Waals surface area contributed by atoms with E-state index < -0.39 is 11.1 Å². The van der Waals surface area contributed by atoms with Crippen molar-refractivity contribution in [3.63, 3.8) is 0 Å². The second-order valence-electron chi connectivity index (χ2n) is 2.85. The SMILES string of the molecule is NN(C=O)[SH]1C=Cc2cc(Br)ccc21. The van der Waals surface area contributed by atoms with Crippen molar-refractivity contribution in [2.24, 2.45) is 5.84 Å². The van der Waals surface area contributed by atoms with Crippen LogP contribution in [0, 0.1) is 0 Å². The Morgan fingerprint density at radius 1 is 1.50 bits per heavy atom. The molecule has 2 rings (SSSR count). The molecule has 0 aromatic heterocycles. The summed E-state index contributed by atoms with van der Waals surface area (Å²) in [6.45, 7) is 0. The molecule has 1 unspecified atom stereocenters. The minimum atomic E-state index is -0.793. The van der Waals surface area contributed by atoms with Crippen molar-refractivity contribution in [1.29, 1.82) is 0 Å². The maximum atomic E-state index is 10.5. The molecule has 0 aliphatic carbocycles. The zero-order chi connectivity index (χ0) is 10.1. The smallest absolute Gasteiger partial charge is 0.232 e. The molecule has 1 amide bonds. The lowest BCUT2D eigenvalue weighted by atomic mass is 10.2. The zero-order valence-electron chi connectivity index (χ0n) is 7.22. The highest BCUT2D eigenvalue weighted by Gasteiger charge is 2.17. The van der Waals surface area contributed by atoms with Crippen LogP contribution < -0.4 is 5.84 Å². The van der Waals surface area contributed by atoms with Gasteiger partial charge >= 0.3 is 0 Å². The summed E-state index contributed by atoms with van der Waals surface area (Å²) in [6.07, 6.45) is 2.66. The van der Waals surface area contributed by atoms with Crippen LogP contribution in [-0.4, -0.2) is 10.8 Å². The van der Waals surface area contributed by atoms with Crippen molar-refractivity contribution < 1.29 is 4.79 Å². The number of halogens is 1. The lowest BCUT2D eigenvalue weighted by Gasteiger charge is -2.22. The van der Waals surface area contributed by atoms with Gasteiger partial charge in [0.25, 0.3) is 0 Å². The van der Waals surface area contributed by atoms with Gasteiger partial charge in [-0.05, 0) is 35.2 Å². The number of carbonyl (C=O) groups excluding carboxylic acids is 1. The Balaban J connectivity index is 2.40. The topological polar surface area (TPSA) is 46.3 Å². The molecule has 1 aliphatic rings. The first kappa shape index (κ1) is 9.76. The third-order valence-corrected chi connectivity index (χ3v) is 4.41. The van der Waals surface area contributed by atoms with Crippen molar-refractivity contribution in [3.8, 4) is 0 Å². The van der Waals surface area contributed by atoms with Crippen LogP contribution in [0.2, 0.25) is 0 Å². The standard InChI is InChI=1S/C9H9BrN2OS/c10-8-1-2-9-7(5-8)3-4-14(9)12(11)6-13/h1-6,14H,11H2. The first-order valence-electron chi connectivity index (χ1n) is 3.98. The summed E-state index contributed by atoms with van der Waals surface area (Å²) in [4.78, 5) is 11.7. The second-order valence-corrected chi connectivity index (χ2v) is 5.70. The zero-order valence-corrected chi connectivity index (χ0v) is 9.70. The Bertz CT molecular complexity index is 408. The predicted molar refractivity (Wildman–Crippen MR) is 62.5 cm³/mol. The van der Waals surface area contributed by atoms with Crippen LogP contribution in [0.1, 0.15) is 5.56 Å². The molecule has 0 saturated heterocycles. The van der Waals surface area contributed by atoms with Crippen LogP contribution in [0.4, 0.5) is 0 Å². The van der Waals surface area contributed by atoms with E-state index in [9.17, 15) is 4.79 Å². The van der Waals surface area contributed by atoms with Crippen LogP contribution in [0.3, 0.4) is 0 Å². The van der Waals surface area contributed by atoms with E-state index in [1.54, 1.807) is 0 Å². The molecule has 0 saturated carbocycles. The highest BCUT2D eigenvalue weighted by Crippen LogP contribution is 2.47. The summed E-state index contributed by atoms with van der Waals surface area (Å²) in [6, 6.07) is 5.97. The Labute approximate surface area is 93.2 Å². The van der Waals surface area contributed by atoms with E-state index in [1.807, 2.05) is 29.7 Å². The summed E-state index contributed by atoms with van der Waals surface area (Å²) in [7, 11) is 0. The minimum absolute atomic E-state index is 0.660. The predicted octanol–water partition coefficient (Wildman–Crippen LogP) is 2.04. The third kappa shape index (κ3) is 1.58. The molecule has 74 valence electrons. The van der Waals surface area contributed by atoms with Crippen LogP contribution in [0.25, 0.3) is 6.08 Å². The van der Waals surface area contributed by atoms with Gasteiger partial charge in [-0.15, -0.1) is 11.1 Å². The lowest BCUT2D eigenvalue weighted by Crippen LogP contribution is -2.24. The number of rotatable bonds is 2. The molecule has 5 heteroatoms. The molecular formula is C9H9BrN2OS. The molecule has 3 nitrogen and oxygen atoms in total. The Morgan fingerprint density at radius 2 is 2.29 bits per heavy atom. The molecule has 1 heterocycles. The highest BCUT2D eigenvalue weighted by molar-refractivity contribution is 9.10. The highest BCUT2D eigenvalue weighted by atomic mass is 79.9. The van der Waals surface area contributed by atoms with Gasteiger partial charge in [-0.2, -0.15) is 0 Å². The van der Waals surface area contributed by atoms with Gasteiger partial charge in [0.2, 0.25) is 6.41 Å². The number of nitrogens with two attached hydrogens (primary N) is 1. The van der Waals surface area contributed by atoms with Gasteiger partial charge in [0.1, 0.15) is 0 Å². The average molecular weight is 273 g/mol. The fourth-order valence-electron chi connectivity index (χ4n) is 1.35. The summed E-state index contributed by atoms with van der Waals surface area (Å²) in [5.41, 5.74) is 1.13. The van der Waals surface area contributed by atoms with E-state index in [-0.39, 0.29) is 0 Å². The quantitative estimate of drug-likeness (QED) is 0.285. The van der Waals surface area contributed by atoms with E-state index in [1.165, 1.54) is 4.41 Å². The van der Waals surface area contributed by atoms with Crippen molar-refractivity contribution >= 4 is 39.5 Å². The monoisotopic (exact) mass is 272 g/mol. The largest absolute Gasteiger partial charge is 0.276 e. The van der Waals surface area contributed by atoms with Gasteiger partial charge in [-0.25, -0.2) is 10.3 Å². The fraction of sp³-hybridized carbons (Fsp3) is 0. The summed E-state index contributed by atoms with van der Waals surface area (Å²) < 4.78 is 2.26. The molecule has 0 radical (unpaired) electrons. The van der Waals surface area contributed by atoms with E-state index in [4.69, 9.17) is 5.84 Å². The molecular weight excluding hydrogens is 264 g/mol. The minimum Gasteiger partial charge on any atom is -0.276 e. The molecule has 0 spiro atoms. The van der Waals surface area contributed by atoms with Gasteiger partial charge < -0.3 is 0 Å². The Kier molecular flexibility index (Phi) is 2.62. The van der Waals surface area contributed by atoms with Gasteiger partial charge in [-0.3, -0.25) is 4.79 Å². The number of hydrogen-bond donors (Lipinski definition) is 2. The lowest BCUT2D eigenvalue weighted by molar-refractivity contribution is -0.113. The number of thiol groups is 1. The molecule has 1 aliphatic heterocycles. The average Bonchev–Trinajstić information content (AvgIpc) is 2.59. The van der Waals surface area contributed by atoms with E-state index in [0.29, 0.717) is 6.41 Å². The second kappa shape index (κ2) is 3.76. The first-order chi connectivity index (χ1) is 6.72. The molecule has 2 N–H and O–H groups in total. The van der Waals surface area contributed by atoms with E-state index in [2.05, 4.69) is 15.9 Å². The van der Waals surface area contributed by atoms with Gasteiger partial charge in [0, 0.05) is 9.37 Å². The van der Waals surface area contributed by atoms with Crippen LogP contribution in [0.5, 0.6) is 0 Å². The number of amides is 1. The summed E-state index contributed by atoms with van der Waals surface area (Å²) in [5, 5.41) is 1.97. The van der Waals surface area contributed by atoms with Gasteiger partial charge in [-0.1, -0.05) is 15.9 Å². The molecule has 1 atom stereocenters. The molecule has 1 aromatic rings. The van der Waals surface area contributed by atoms with Gasteiger partial charge in [0.05, 0.1) is 0 Å². The molecule has 0 fully saturated rings. The van der Waals surface area contributed by atoms with Crippen molar-refractivity contribution in [3.05, 3.63) is 33.6 Å². The maximum Gasteiger partial charge on any atom is 0.232 e. The number of hydrazine groups is 1. The van der Waals surface area contributed by atoms with Crippen molar-refractivity contribution in [1.82, 2.24) is 4.41 Å². The molecule has 0 bridgehead atoms. The van der Waals surface area contributed by atoms with Crippen LogP contribution in [-0.2, 0) is 4.79 Å². The number of nitrogens with zero attached hydrogens (tertiary/aromatic N) is 1. The summed E-state index contributed by atoms with van der Waals surface area (Å²) >= 11 is 2.60. The van der Waals surface area contributed by atoms with Crippen molar-refractivity contribution in [2.45, 2.75) is 4.90 Å². The van der Waals surface area contributed by atoms with Crippen LogP contribution in [0.15, 0.2) is 33.0 Å².